The Hall–Kier alpha value is -2.29. The highest BCUT2D eigenvalue weighted by Crippen LogP contribution is 2.28. The van der Waals surface area contributed by atoms with Gasteiger partial charge in [0.15, 0.2) is 0 Å². The molecule has 1 aromatic rings. The van der Waals surface area contributed by atoms with E-state index in [1.807, 2.05) is 0 Å². The number of benzene rings is 1. The van der Waals surface area contributed by atoms with E-state index in [4.69, 9.17) is 9.84 Å². The molecule has 108 valence electrons. The molecule has 0 aliphatic carbocycles. The highest BCUT2D eigenvalue weighted by Gasteiger charge is 2.17. The molecule has 8 nitrogen and oxygen atoms in total. The summed E-state index contributed by atoms with van der Waals surface area (Å²) >= 11 is 0.904. The number of carboxylic acids is 1. The van der Waals surface area contributed by atoms with Crippen molar-refractivity contribution < 1.29 is 24.4 Å². The van der Waals surface area contributed by atoms with Crippen LogP contribution in [-0.4, -0.2) is 40.5 Å². The molecule has 0 aliphatic heterocycles. The van der Waals surface area contributed by atoms with Crippen LogP contribution in [0.4, 0.5) is 11.4 Å². The van der Waals surface area contributed by atoms with Crippen LogP contribution >= 0.6 is 11.8 Å². The molecule has 0 atom stereocenters. The first-order valence-electron chi connectivity index (χ1n) is 5.36. The maximum absolute atomic E-state index is 11.5. The van der Waals surface area contributed by atoms with Crippen LogP contribution in [-0.2, 0) is 9.59 Å². The molecule has 0 saturated heterocycles. The van der Waals surface area contributed by atoms with Gasteiger partial charge in [-0.3, -0.25) is 19.7 Å². The molecule has 0 heterocycles. The molecule has 0 fully saturated rings. The number of thioether (sulfide) groups is 1. The Bertz CT molecular complexity index is 534. The topological polar surface area (TPSA) is 119 Å². The zero-order chi connectivity index (χ0) is 15.1. The highest BCUT2D eigenvalue weighted by molar-refractivity contribution is 8.00. The van der Waals surface area contributed by atoms with Gasteiger partial charge in [-0.2, -0.15) is 0 Å². The lowest BCUT2D eigenvalue weighted by Crippen LogP contribution is -2.16. The van der Waals surface area contributed by atoms with Gasteiger partial charge in [0.25, 0.3) is 5.69 Å². The fraction of sp³-hybridized carbons (Fsp3) is 0.273. The molecule has 0 bridgehead atoms. The number of amides is 1. The molecular weight excluding hydrogens is 288 g/mol. The standard InChI is InChI=1S/C11H12N2O6S/c1-19-7-2-3-8(9(4-7)13(17)18)12-10(14)5-20-6-11(15)16/h2-4H,5-6H2,1H3,(H,12,14)(H,15,16). The number of carbonyl (C=O) groups excluding carboxylic acids is 1. The van der Waals surface area contributed by atoms with Crippen LogP contribution in [0.3, 0.4) is 0 Å². The molecule has 1 rings (SSSR count). The molecule has 0 radical (unpaired) electrons. The third-order valence-electron chi connectivity index (χ3n) is 2.13. The van der Waals surface area contributed by atoms with E-state index in [1.54, 1.807) is 0 Å². The minimum absolute atomic E-state index is 0.0386. The number of nitrogens with one attached hydrogen (secondary N) is 1. The van der Waals surface area contributed by atoms with Gasteiger partial charge in [-0.05, 0) is 12.1 Å². The molecular formula is C11H12N2O6S. The summed E-state index contributed by atoms with van der Waals surface area (Å²) in [6.07, 6.45) is 0. The lowest BCUT2D eigenvalue weighted by molar-refractivity contribution is -0.384. The number of carbonyl (C=O) groups is 2. The molecule has 9 heteroatoms. The van der Waals surface area contributed by atoms with Crippen LogP contribution < -0.4 is 10.1 Å². The predicted octanol–water partition coefficient (Wildman–Crippen LogP) is 1.36. The van der Waals surface area contributed by atoms with Crippen LogP contribution in [0.1, 0.15) is 0 Å². The number of hydrogen-bond donors (Lipinski definition) is 2. The third-order valence-corrected chi connectivity index (χ3v) is 3.05. The fourth-order valence-electron chi connectivity index (χ4n) is 1.31. The van der Waals surface area contributed by atoms with E-state index >= 15 is 0 Å². The van der Waals surface area contributed by atoms with Crippen molar-refractivity contribution in [3.8, 4) is 5.75 Å². The summed E-state index contributed by atoms with van der Waals surface area (Å²) < 4.78 is 4.87. The van der Waals surface area contributed by atoms with Crippen molar-refractivity contribution in [3.63, 3.8) is 0 Å². The fourth-order valence-corrected chi connectivity index (χ4v) is 1.85. The zero-order valence-electron chi connectivity index (χ0n) is 10.5. The van der Waals surface area contributed by atoms with Crippen molar-refractivity contribution in [2.75, 3.05) is 23.9 Å². The monoisotopic (exact) mass is 300 g/mol. The maximum Gasteiger partial charge on any atom is 0.313 e. The second-order valence-corrected chi connectivity index (χ2v) is 4.56. The number of nitrogens with zero attached hydrogens (tertiary/aromatic N) is 1. The van der Waals surface area contributed by atoms with Crippen molar-refractivity contribution in [3.05, 3.63) is 28.3 Å². The largest absolute Gasteiger partial charge is 0.496 e. The number of rotatable bonds is 7. The molecule has 1 aromatic carbocycles. The third kappa shape index (κ3) is 4.76. The summed E-state index contributed by atoms with van der Waals surface area (Å²) in [6.45, 7) is 0. The number of anilines is 1. The first-order chi connectivity index (χ1) is 9.43. The number of nitro benzene ring substituents is 1. The Balaban J connectivity index is 2.73. The molecule has 1 amide bonds. The summed E-state index contributed by atoms with van der Waals surface area (Å²) in [5.74, 6) is -1.55. The van der Waals surface area contributed by atoms with Gasteiger partial charge >= 0.3 is 5.97 Å². The average molecular weight is 300 g/mol. The van der Waals surface area contributed by atoms with E-state index in [9.17, 15) is 19.7 Å². The van der Waals surface area contributed by atoms with Gasteiger partial charge in [0.05, 0.1) is 29.6 Å². The van der Waals surface area contributed by atoms with Crippen LogP contribution in [0.2, 0.25) is 0 Å². The Kier molecular flexibility index (Phi) is 5.78. The van der Waals surface area contributed by atoms with E-state index in [0.29, 0.717) is 5.75 Å². The van der Waals surface area contributed by atoms with E-state index in [0.717, 1.165) is 11.8 Å². The van der Waals surface area contributed by atoms with Crippen LogP contribution in [0.5, 0.6) is 5.75 Å². The van der Waals surface area contributed by atoms with E-state index in [1.165, 1.54) is 25.3 Å². The van der Waals surface area contributed by atoms with Crippen LogP contribution in [0, 0.1) is 10.1 Å². The lowest BCUT2D eigenvalue weighted by atomic mass is 10.2. The SMILES string of the molecule is COc1ccc(NC(=O)CSCC(=O)O)c([N+](=O)[O-])c1. The van der Waals surface area contributed by atoms with E-state index < -0.39 is 16.8 Å². The van der Waals surface area contributed by atoms with Gasteiger partial charge in [-0.1, -0.05) is 0 Å². The van der Waals surface area contributed by atoms with Crippen molar-refractivity contribution in [1.29, 1.82) is 0 Å². The molecule has 0 aliphatic rings. The highest BCUT2D eigenvalue weighted by atomic mass is 32.2. The van der Waals surface area contributed by atoms with Gasteiger partial charge in [0.2, 0.25) is 5.91 Å². The van der Waals surface area contributed by atoms with Gasteiger partial charge in [0.1, 0.15) is 11.4 Å². The van der Waals surface area contributed by atoms with Gasteiger partial charge in [-0.25, -0.2) is 0 Å². The number of ether oxygens (including phenoxy) is 1. The number of methoxy groups -OCH3 is 1. The molecule has 0 aromatic heterocycles. The first-order valence-corrected chi connectivity index (χ1v) is 6.51. The number of nitro groups is 1. The minimum atomic E-state index is -1.03. The van der Waals surface area contributed by atoms with E-state index in [2.05, 4.69) is 5.32 Å². The molecule has 0 saturated carbocycles. The normalized spacial score (nSPS) is 9.85. The van der Waals surface area contributed by atoms with Gasteiger partial charge in [-0.15, -0.1) is 11.8 Å². The Morgan fingerprint density at radius 1 is 1.45 bits per heavy atom. The number of aliphatic carboxylic acids is 1. The average Bonchev–Trinajstić information content (AvgIpc) is 2.38. The van der Waals surface area contributed by atoms with Crippen LogP contribution in [0.15, 0.2) is 18.2 Å². The van der Waals surface area contributed by atoms with Gasteiger partial charge < -0.3 is 15.2 Å². The Morgan fingerprint density at radius 2 is 2.15 bits per heavy atom. The molecule has 0 unspecified atom stereocenters. The molecule has 20 heavy (non-hydrogen) atoms. The maximum atomic E-state index is 11.5. The summed E-state index contributed by atoms with van der Waals surface area (Å²) in [5, 5.41) is 21.7. The summed E-state index contributed by atoms with van der Waals surface area (Å²) in [5.41, 5.74) is -0.252. The van der Waals surface area contributed by atoms with Crippen molar-refractivity contribution in [2.24, 2.45) is 0 Å². The number of hydrogen-bond acceptors (Lipinski definition) is 6. The molecule has 0 spiro atoms. The molecule has 2 N–H and O–H groups in total. The van der Waals surface area contributed by atoms with Crippen molar-refractivity contribution in [1.82, 2.24) is 0 Å². The second kappa shape index (κ2) is 7.34. The Morgan fingerprint density at radius 3 is 2.70 bits per heavy atom. The van der Waals surface area contributed by atoms with Crippen molar-refractivity contribution in [2.45, 2.75) is 0 Å². The van der Waals surface area contributed by atoms with Crippen molar-refractivity contribution >= 4 is 35.0 Å². The zero-order valence-corrected chi connectivity index (χ0v) is 11.3. The summed E-state index contributed by atoms with van der Waals surface area (Å²) in [7, 11) is 1.37. The summed E-state index contributed by atoms with van der Waals surface area (Å²) in [6, 6.07) is 4.03. The number of carboxylic acid groups (broad SMARTS) is 1. The first kappa shape index (κ1) is 15.8. The quantitative estimate of drug-likeness (QED) is 0.576. The van der Waals surface area contributed by atoms with Gasteiger partial charge in [0, 0.05) is 0 Å². The lowest BCUT2D eigenvalue weighted by Gasteiger charge is -2.07. The summed E-state index contributed by atoms with van der Waals surface area (Å²) in [4.78, 5) is 32.1. The Labute approximate surface area is 118 Å². The van der Waals surface area contributed by atoms with Crippen LogP contribution in [0.25, 0.3) is 0 Å². The predicted molar refractivity (Wildman–Crippen MR) is 73.2 cm³/mol. The minimum Gasteiger partial charge on any atom is -0.496 e. The smallest absolute Gasteiger partial charge is 0.313 e. The second-order valence-electron chi connectivity index (χ2n) is 3.57. The van der Waals surface area contributed by atoms with E-state index in [-0.39, 0.29) is 22.9 Å².